The number of anilines is 1. The number of pyridine rings is 1. The van der Waals surface area contributed by atoms with E-state index in [0.717, 1.165) is 0 Å². The summed E-state index contributed by atoms with van der Waals surface area (Å²) in [7, 11) is 0. The van der Waals surface area contributed by atoms with Gasteiger partial charge in [-0.1, -0.05) is 0 Å². The van der Waals surface area contributed by atoms with Crippen LogP contribution in [0.15, 0.2) is 6.07 Å². The largest absolute Gasteiger partial charge is 0.466 e. The molecule has 0 saturated carbocycles. The number of aromatic nitrogens is 1. The molecule has 20 heavy (non-hydrogen) atoms. The molecular formula is C11H11F5N2O2. The molecule has 0 atom stereocenters. The molecule has 0 spiro atoms. The average molecular weight is 298 g/mol. The van der Waals surface area contributed by atoms with Gasteiger partial charge < -0.3 is 10.5 Å². The summed E-state index contributed by atoms with van der Waals surface area (Å²) in [5.74, 6) is -0.873. The molecule has 0 radical (unpaired) electrons. The lowest BCUT2D eigenvalue weighted by atomic mass is 10.1. The van der Waals surface area contributed by atoms with Crippen molar-refractivity contribution in [2.45, 2.75) is 25.9 Å². The van der Waals surface area contributed by atoms with Crippen LogP contribution >= 0.6 is 0 Å². The second-order valence-electron chi connectivity index (χ2n) is 3.74. The zero-order valence-corrected chi connectivity index (χ0v) is 10.3. The van der Waals surface area contributed by atoms with Crippen LogP contribution in [0.3, 0.4) is 0 Å². The summed E-state index contributed by atoms with van der Waals surface area (Å²) in [5.41, 5.74) is 1.60. The minimum Gasteiger partial charge on any atom is -0.466 e. The number of halogens is 5. The number of hydrogen-bond acceptors (Lipinski definition) is 4. The number of esters is 1. The number of nitrogen functional groups attached to an aromatic ring is 1. The van der Waals surface area contributed by atoms with Gasteiger partial charge in [-0.15, -0.1) is 0 Å². The Bertz CT molecular complexity index is 502. The van der Waals surface area contributed by atoms with Crippen LogP contribution in [0.5, 0.6) is 0 Å². The first-order valence-corrected chi connectivity index (χ1v) is 5.47. The van der Waals surface area contributed by atoms with Gasteiger partial charge in [0.15, 0.2) is 0 Å². The number of hydrogen-bond donors (Lipinski definition) is 1. The lowest BCUT2D eigenvalue weighted by molar-refractivity contribution is -0.142. The highest BCUT2D eigenvalue weighted by molar-refractivity contribution is 5.75. The van der Waals surface area contributed by atoms with Gasteiger partial charge in [-0.2, -0.15) is 13.2 Å². The topological polar surface area (TPSA) is 65.2 Å². The zero-order chi connectivity index (χ0) is 15.5. The summed E-state index contributed by atoms with van der Waals surface area (Å²) in [5, 5.41) is 0. The average Bonchev–Trinajstić information content (AvgIpc) is 2.30. The molecule has 1 aromatic heterocycles. The van der Waals surface area contributed by atoms with Crippen molar-refractivity contribution < 1.29 is 31.5 Å². The van der Waals surface area contributed by atoms with E-state index in [4.69, 9.17) is 5.73 Å². The van der Waals surface area contributed by atoms with Crippen molar-refractivity contribution in [3.63, 3.8) is 0 Å². The first-order chi connectivity index (χ1) is 9.16. The number of alkyl halides is 5. The molecule has 0 amide bonds. The maximum Gasteiger partial charge on any atom is 0.433 e. The van der Waals surface area contributed by atoms with E-state index in [1.54, 1.807) is 0 Å². The smallest absolute Gasteiger partial charge is 0.433 e. The quantitative estimate of drug-likeness (QED) is 0.685. The maximum absolute atomic E-state index is 12.8. The Labute approximate surface area is 110 Å². The summed E-state index contributed by atoms with van der Waals surface area (Å²) in [4.78, 5) is 14.1. The fourth-order valence-electron chi connectivity index (χ4n) is 1.49. The third-order valence-electron chi connectivity index (χ3n) is 2.31. The first-order valence-electron chi connectivity index (χ1n) is 5.47. The molecule has 4 nitrogen and oxygen atoms in total. The molecular weight excluding hydrogens is 287 g/mol. The highest BCUT2D eigenvalue weighted by Crippen LogP contribution is 2.34. The van der Waals surface area contributed by atoms with Gasteiger partial charge in [0.1, 0.15) is 11.4 Å². The van der Waals surface area contributed by atoms with Crippen molar-refractivity contribution in [3.8, 4) is 0 Å². The number of nitrogens with two attached hydrogens (primary N) is 1. The van der Waals surface area contributed by atoms with Crippen molar-refractivity contribution >= 4 is 11.7 Å². The van der Waals surface area contributed by atoms with E-state index in [1.165, 1.54) is 6.92 Å². The van der Waals surface area contributed by atoms with Gasteiger partial charge in [0.05, 0.1) is 13.0 Å². The Morgan fingerprint density at radius 1 is 1.45 bits per heavy atom. The molecule has 112 valence electrons. The lowest BCUT2D eigenvalue weighted by Gasteiger charge is -2.14. The maximum atomic E-state index is 12.8. The molecule has 0 aliphatic carbocycles. The van der Waals surface area contributed by atoms with Gasteiger partial charge >= 0.3 is 12.1 Å². The molecule has 0 aliphatic heterocycles. The fraction of sp³-hybridized carbons (Fsp3) is 0.455. The van der Waals surface area contributed by atoms with Gasteiger partial charge in [0.25, 0.3) is 6.43 Å². The summed E-state index contributed by atoms with van der Waals surface area (Å²) >= 11 is 0. The predicted molar refractivity (Wildman–Crippen MR) is 58.9 cm³/mol. The third kappa shape index (κ3) is 3.78. The predicted octanol–water partition coefficient (Wildman–Crippen LogP) is 2.73. The van der Waals surface area contributed by atoms with Crippen LogP contribution in [-0.4, -0.2) is 17.6 Å². The summed E-state index contributed by atoms with van der Waals surface area (Å²) < 4.78 is 67.5. The SMILES string of the molecule is CCOC(=O)Cc1c(N)cc(C(F)(F)F)nc1C(F)F. The highest BCUT2D eigenvalue weighted by atomic mass is 19.4. The normalized spacial score (nSPS) is 11.8. The number of rotatable bonds is 4. The molecule has 2 N–H and O–H groups in total. The standard InChI is InChI=1S/C11H11F5N2O2/c1-2-20-8(19)3-5-6(17)4-7(11(14,15)16)18-9(5)10(12)13/h4,10H,2-3H2,1H3,(H2,17,18). The Hall–Kier alpha value is -1.93. The Balaban J connectivity index is 3.27. The Morgan fingerprint density at radius 2 is 2.05 bits per heavy atom. The molecule has 0 fully saturated rings. The number of ether oxygens (including phenoxy) is 1. The minimum absolute atomic E-state index is 0.0107. The van der Waals surface area contributed by atoms with E-state index in [-0.39, 0.29) is 6.61 Å². The number of nitrogens with zero attached hydrogens (tertiary/aromatic N) is 1. The van der Waals surface area contributed by atoms with E-state index < -0.39 is 47.6 Å². The van der Waals surface area contributed by atoms with Crippen molar-refractivity contribution in [2.24, 2.45) is 0 Å². The first kappa shape index (κ1) is 16.1. The fourth-order valence-corrected chi connectivity index (χ4v) is 1.49. The van der Waals surface area contributed by atoms with Crippen molar-refractivity contribution in [3.05, 3.63) is 23.0 Å². The van der Waals surface area contributed by atoms with Crippen LogP contribution in [0, 0.1) is 0 Å². The van der Waals surface area contributed by atoms with Crippen LogP contribution in [0.1, 0.15) is 30.3 Å². The monoisotopic (exact) mass is 298 g/mol. The van der Waals surface area contributed by atoms with E-state index in [1.807, 2.05) is 0 Å². The summed E-state index contributed by atoms with van der Waals surface area (Å²) in [6.07, 6.45) is -8.85. The highest BCUT2D eigenvalue weighted by Gasteiger charge is 2.35. The zero-order valence-electron chi connectivity index (χ0n) is 10.3. The Morgan fingerprint density at radius 3 is 2.50 bits per heavy atom. The molecule has 0 unspecified atom stereocenters. The minimum atomic E-state index is -4.90. The van der Waals surface area contributed by atoms with Crippen LogP contribution < -0.4 is 5.73 Å². The van der Waals surface area contributed by atoms with Crippen LogP contribution in [0.2, 0.25) is 0 Å². The molecule has 1 aromatic rings. The van der Waals surface area contributed by atoms with Gasteiger partial charge in [0, 0.05) is 11.3 Å². The van der Waals surface area contributed by atoms with E-state index in [2.05, 4.69) is 9.72 Å². The summed E-state index contributed by atoms with van der Waals surface area (Å²) in [6, 6.07) is 0.417. The molecule has 1 heterocycles. The van der Waals surface area contributed by atoms with E-state index in [0.29, 0.717) is 6.07 Å². The second-order valence-corrected chi connectivity index (χ2v) is 3.74. The molecule has 9 heteroatoms. The second kappa shape index (κ2) is 6.02. The number of carbonyl (C=O) groups excluding carboxylic acids is 1. The molecule has 0 aliphatic rings. The van der Waals surface area contributed by atoms with Gasteiger partial charge in [-0.3, -0.25) is 4.79 Å². The van der Waals surface area contributed by atoms with Crippen LogP contribution in [-0.2, 0) is 22.1 Å². The summed E-state index contributed by atoms with van der Waals surface area (Å²) in [6.45, 7) is 1.51. The van der Waals surface area contributed by atoms with Crippen molar-refractivity contribution in [2.75, 3.05) is 12.3 Å². The molecule has 0 bridgehead atoms. The number of carbonyl (C=O) groups is 1. The van der Waals surface area contributed by atoms with Gasteiger partial charge in [-0.05, 0) is 13.0 Å². The van der Waals surface area contributed by atoms with Gasteiger partial charge in [0.2, 0.25) is 0 Å². The van der Waals surface area contributed by atoms with Crippen molar-refractivity contribution in [1.29, 1.82) is 0 Å². The van der Waals surface area contributed by atoms with E-state index in [9.17, 15) is 26.7 Å². The van der Waals surface area contributed by atoms with Crippen LogP contribution in [0.4, 0.5) is 27.6 Å². The Kier molecular flexibility index (Phi) is 4.85. The van der Waals surface area contributed by atoms with Crippen LogP contribution in [0.25, 0.3) is 0 Å². The lowest BCUT2D eigenvalue weighted by Crippen LogP contribution is -2.17. The third-order valence-corrected chi connectivity index (χ3v) is 2.31. The van der Waals surface area contributed by atoms with Crippen molar-refractivity contribution in [1.82, 2.24) is 4.98 Å². The molecule has 0 saturated heterocycles. The van der Waals surface area contributed by atoms with Gasteiger partial charge in [-0.25, -0.2) is 13.8 Å². The molecule has 0 aromatic carbocycles. The van der Waals surface area contributed by atoms with E-state index >= 15 is 0 Å². The molecule has 1 rings (SSSR count).